The van der Waals surface area contributed by atoms with Crippen molar-refractivity contribution in [3.63, 3.8) is 0 Å². The molecule has 0 unspecified atom stereocenters. The lowest BCUT2D eigenvalue weighted by Gasteiger charge is -1.63. The zero-order valence-electron chi connectivity index (χ0n) is 6.39. The summed E-state index contributed by atoms with van der Waals surface area (Å²) < 4.78 is 0. The van der Waals surface area contributed by atoms with E-state index >= 15 is 0 Å². The maximum absolute atomic E-state index is 4.90. The van der Waals surface area contributed by atoms with Gasteiger partial charge in [-0.1, -0.05) is 38.0 Å². The van der Waals surface area contributed by atoms with Crippen LogP contribution in [0.2, 0.25) is 0 Å². The fraction of sp³-hybridized carbons (Fsp3) is 0.333. The van der Waals surface area contributed by atoms with Crippen LogP contribution in [0.15, 0.2) is 24.3 Å². The van der Waals surface area contributed by atoms with Gasteiger partial charge in [0.1, 0.15) is 0 Å². The lowest BCUT2D eigenvalue weighted by molar-refractivity contribution is 1.50. The van der Waals surface area contributed by atoms with Crippen molar-refractivity contribution in [2.24, 2.45) is 0 Å². The van der Waals surface area contributed by atoms with Crippen LogP contribution >= 0.6 is 0 Å². The Morgan fingerprint density at radius 2 is 1.78 bits per heavy atom. The van der Waals surface area contributed by atoms with Crippen LogP contribution in [-0.4, -0.2) is 0 Å². The SMILES string of the molecule is C#C/C=C\C=C\C.CC. The van der Waals surface area contributed by atoms with Crippen LogP contribution in [0.5, 0.6) is 0 Å². The average molecular weight is 122 g/mol. The largest absolute Gasteiger partial charge is 0.115 e. The standard InChI is InChI=1S/C7H8.C2H6/c1-3-5-7-6-4-2;1-2/h1,4-7H,2H3;1-2H3/b6-4+,7-5-;. The molecule has 0 spiro atoms. The van der Waals surface area contributed by atoms with E-state index in [1.54, 1.807) is 6.08 Å². The molecule has 0 fully saturated rings. The van der Waals surface area contributed by atoms with Crippen molar-refractivity contribution in [2.45, 2.75) is 20.8 Å². The van der Waals surface area contributed by atoms with Gasteiger partial charge < -0.3 is 0 Å². The topological polar surface area (TPSA) is 0 Å². The van der Waals surface area contributed by atoms with E-state index in [1.165, 1.54) is 0 Å². The molecule has 0 N–H and O–H groups in total. The van der Waals surface area contributed by atoms with Gasteiger partial charge in [0, 0.05) is 0 Å². The second kappa shape index (κ2) is 15.7. The van der Waals surface area contributed by atoms with E-state index < -0.39 is 0 Å². The third kappa shape index (κ3) is 19.4. The molecular weight excluding hydrogens is 108 g/mol. The highest BCUT2D eigenvalue weighted by molar-refractivity contribution is 5.14. The smallest absolute Gasteiger partial charge is 0.0122 e. The van der Waals surface area contributed by atoms with Gasteiger partial charge in [0.05, 0.1) is 0 Å². The second-order valence-electron chi connectivity index (χ2n) is 1.05. The van der Waals surface area contributed by atoms with Gasteiger partial charge >= 0.3 is 0 Å². The second-order valence-corrected chi connectivity index (χ2v) is 1.05. The molecule has 0 rings (SSSR count). The quantitative estimate of drug-likeness (QED) is 0.370. The van der Waals surface area contributed by atoms with Crippen LogP contribution in [0.4, 0.5) is 0 Å². The molecular formula is C9H14. The van der Waals surface area contributed by atoms with Crippen LogP contribution in [0, 0.1) is 12.3 Å². The minimum atomic E-state index is 1.65. The number of hydrogen-bond donors (Lipinski definition) is 0. The first kappa shape index (κ1) is 10.9. The average Bonchev–Trinajstić information content (AvgIpc) is 1.94. The summed E-state index contributed by atoms with van der Waals surface area (Å²) in [6.07, 6.45) is 12.2. The first-order chi connectivity index (χ1) is 4.41. The van der Waals surface area contributed by atoms with E-state index in [4.69, 9.17) is 6.42 Å². The fourth-order valence-corrected chi connectivity index (χ4v) is 0.222. The molecule has 0 saturated heterocycles. The van der Waals surface area contributed by atoms with Gasteiger partial charge in [-0.25, -0.2) is 0 Å². The Labute approximate surface area is 58.3 Å². The Morgan fingerprint density at radius 1 is 1.22 bits per heavy atom. The minimum Gasteiger partial charge on any atom is -0.115 e. The van der Waals surface area contributed by atoms with Crippen LogP contribution in [0.1, 0.15) is 20.8 Å². The van der Waals surface area contributed by atoms with E-state index in [9.17, 15) is 0 Å². The predicted molar refractivity (Wildman–Crippen MR) is 44.1 cm³/mol. The molecule has 50 valence electrons. The number of hydrogen-bond acceptors (Lipinski definition) is 0. The molecule has 0 aromatic rings. The van der Waals surface area contributed by atoms with Gasteiger partial charge in [-0.15, -0.1) is 6.42 Å². The zero-order chi connectivity index (χ0) is 7.54. The molecule has 0 atom stereocenters. The van der Waals surface area contributed by atoms with Gasteiger partial charge in [0.2, 0.25) is 0 Å². The summed E-state index contributed by atoms with van der Waals surface area (Å²) in [6.45, 7) is 5.95. The van der Waals surface area contributed by atoms with Gasteiger partial charge in [0.15, 0.2) is 0 Å². The Bertz CT molecular complexity index is 110. The summed E-state index contributed by atoms with van der Waals surface area (Å²) in [5.41, 5.74) is 0. The Morgan fingerprint density at radius 3 is 2.11 bits per heavy atom. The molecule has 0 amide bonds. The van der Waals surface area contributed by atoms with Crippen molar-refractivity contribution >= 4 is 0 Å². The maximum Gasteiger partial charge on any atom is -0.0122 e. The molecule has 0 nitrogen and oxygen atoms in total. The van der Waals surface area contributed by atoms with Crippen LogP contribution in [-0.2, 0) is 0 Å². The number of rotatable bonds is 1. The predicted octanol–water partition coefficient (Wildman–Crippen LogP) is 2.78. The number of terminal acetylenes is 1. The fourth-order valence-electron chi connectivity index (χ4n) is 0.222. The first-order valence-electron chi connectivity index (χ1n) is 3.15. The van der Waals surface area contributed by atoms with Crippen LogP contribution in [0.3, 0.4) is 0 Å². The van der Waals surface area contributed by atoms with Crippen molar-refractivity contribution < 1.29 is 0 Å². The normalized spacial score (nSPS) is 8.67. The van der Waals surface area contributed by atoms with Gasteiger partial charge in [-0.3, -0.25) is 0 Å². The third-order valence-corrected chi connectivity index (χ3v) is 0.496. The van der Waals surface area contributed by atoms with Gasteiger partial charge in [-0.05, 0) is 13.0 Å². The van der Waals surface area contributed by atoms with Gasteiger partial charge in [-0.2, -0.15) is 0 Å². The van der Waals surface area contributed by atoms with Crippen molar-refractivity contribution in [2.75, 3.05) is 0 Å². The van der Waals surface area contributed by atoms with Crippen molar-refractivity contribution in [1.29, 1.82) is 0 Å². The van der Waals surface area contributed by atoms with Gasteiger partial charge in [0.25, 0.3) is 0 Å². The maximum atomic E-state index is 4.90. The molecule has 0 aliphatic carbocycles. The molecule has 0 aliphatic heterocycles. The summed E-state index contributed by atoms with van der Waals surface area (Å²) in [5, 5.41) is 0. The summed E-state index contributed by atoms with van der Waals surface area (Å²) in [5.74, 6) is 2.37. The first-order valence-corrected chi connectivity index (χ1v) is 3.15. The third-order valence-electron chi connectivity index (χ3n) is 0.496. The highest BCUT2D eigenvalue weighted by atomic mass is 13.6. The highest BCUT2D eigenvalue weighted by Crippen LogP contribution is 1.71. The monoisotopic (exact) mass is 122 g/mol. The Hall–Kier alpha value is -0.960. The summed E-state index contributed by atoms with van der Waals surface area (Å²) >= 11 is 0. The molecule has 0 aromatic carbocycles. The lowest BCUT2D eigenvalue weighted by atomic mass is 10.4. The summed E-state index contributed by atoms with van der Waals surface area (Å²) in [6, 6.07) is 0. The van der Waals surface area contributed by atoms with Crippen LogP contribution in [0.25, 0.3) is 0 Å². The zero-order valence-corrected chi connectivity index (χ0v) is 6.39. The molecule has 0 heterocycles. The lowest BCUT2D eigenvalue weighted by Crippen LogP contribution is -1.44. The van der Waals surface area contributed by atoms with Crippen molar-refractivity contribution in [3.8, 4) is 12.3 Å². The molecule has 0 bridgehead atoms. The molecule has 0 saturated carbocycles. The number of allylic oxidation sites excluding steroid dienone is 4. The Balaban J connectivity index is 0. The molecule has 0 aliphatic rings. The van der Waals surface area contributed by atoms with E-state index in [2.05, 4.69) is 5.92 Å². The van der Waals surface area contributed by atoms with E-state index in [-0.39, 0.29) is 0 Å². The summed E-state index contributed by atoms with van der Waals surface area (Å²) in [7, 11) is 0. The van der Waals surface area contributed by atoms with Crippen molar-refractivity contribution in [1.82, 2.24) is 0 Å². The minimum absolute atomic E-state index is 1.65. The Kier molecular flexibility index (Phi) is 19.1. The van der Waals surface area contributed by atoms with E-state index in [0.29, 0.717) is 0 Å². The molecule has 0 radical (unpaired) electrons. The molecule has 9 heavy (non-hydrogen) atoms. The molecule has 0 aromatic heterocycles. The van der Waals surface area contributed by atoms with E-state index in [0.717, 1.165) is 0 Å². The van der Waals surface area contributed by atoms with Crippen molar-refractivity contribution in [3.05, 3.63) is 24.3 Å². The van der Waals surface area contributed by atoms with Crippen LogP contribution < -0.4 is 0 Å². The highest BCUT2D eigenvalue weighted by Gasteiger charge is 1.52. The van der Waals surface area contributed by atoms with E-state index in [1.807, 2.05) is 39.0 Å². The molecule has 0 heteroatoms. The summed E-state index contributed by atoms with van der Waals surface area (Å²) in [4.78, 5) is 0.